The number of amides is 2. The van der Waals surface area contributed by atoms with Gasteiger partial charge in [-0.15, -0.1) is 0 Å². The fraction of sp³-hybridized carbons (Fsp3) is 0.158. The smallest absolute Gasteiger partial charge is 0.251 e. The molecule has 0 saturated carbocycles. The molecule has 0 fully saturated rings. The molecule has 2 rings (SSSR count). The molecule has 0 aliphatic carbocycles. The third kappa shape index (κ3) is 5.02. The predicted octanol–water partition coefficient (Wildman–Crippen LogP) is 1.91. The van der Waals surface area contributed by atoms with E-state index in [0.717, 1.165) is 0 Å². The molecule has 0 atom stereocenters. The highest BCUT2D eigenvalue weighted by Gasteiger charge is 2.11. The maximum Gasteiger partial charge on any atom is 0.251 e. The Bertz CT molecular complexity index is 981. The molecule has 27 heavy (non-hydrogen) atoms. The van der Waals surface area contributed by atoms with Crippen molar-refractivity contribution < 1.29 is 18.0 Å². The number of sulfonamides is 1. The Balaban J connectivity index is 2.11. The monoisotopic (exact) mass is 387 g/mol. The van der Waals surface area contributed by atoms with Gasteiger partial charge in [0.1, 0.15) is 0 Å². The lowest BCUT2D eigenvalue weighted by Gasteiger charge is -2.10. The normalized spacial score (nSPS) is 11.4. The zero-order chi connectivity index (χ0) is 20.0. The molecule has 0 radical (unpaired) electrons. The summed E-state index contributed by atoms with van der Waals surface area (Å²) in [5.41, 5.74) is 2.37. The van der Waals surface area contributed by atoms with Crippen molar-refractivity contribution in [1.29, 1.82) is 0 Å². The number of nitrogens with one attached hydrogen (secondary N) is 3. The summed E-state index contributed by atoms with van der Waals surface area (Å²) in [6.07, 6.45) is 2.91. The summed E-state index contributed by atoms with van der Waals surface area (Å²) in [6, 6.07) is 11.2. The number of carbonyl (C=O) groups excluding carboxylic acids is 2. The molecule has 7 nitrogen and oxygen atoms in total. The second kappa shape index (κ2) is 8.61. The van der Waals surface area contributed by atoms with Gasteiger partial charge in [0.15, 0.2) is 0 Å². The summed E-state index contributed by atoms with van der Waals surface area (Å²) >= 11 is 0. The van der Waals surface area contributed by atoms with E-state index in [1.54, 1.807) is 50.4 Å². The summed E-state index contributed by atoms with van der Waals surface area (Å²) in [7, 11) is -0.605. The Morgan fingerprint density at radius 3 is 2.26 bits per heavy atom. The van der Waals surface area contributed by atoms with Crippen LogP contribution >= 0.6 is 0 Å². The van der Waals surface area contributed by atoms with Crippen LogP contribution in [-0.2, 0) is 14.8 Å². The van der Waals surface area contributed by atoms with E-state index in [1.165, 1.54) is 25.3 Å². The number of carbonyl (C=O) groups is 2. The first kappa shape index (κ1) is 20.3. The van der Waals surface area contributed by atoms with Crippen LogP contribution in [0.4, 0.5) is 5.69 Å². The predicted molar refractivity (Wildman–Crippen MR) is 105 cm³/mol. The zero-order valence-corrected chi connectivity index (χ0v) is 16.1. The Kier molecular flexibility index (Phi) is 6.49. The van der Waals surface area contributed by atoms with Gasteiger partial charge in [0.05, 0.1) is 4.90 Å². The van der Waals surface area contributed by atoms with Crippen molar-refractivity contribution in [3.05, 3.63) is 65.2 Å². The first-order valence-corrected chi connectivity index (χ1v) is 9.61. The Morgan fingerprint density at radius 1 is 1.00 bits per heavy atom. The van der Waals surface area contributed by atoms with Crippen molar-refractivity contribution in [2.45, 2.75) is 11.8 Å². The number of benzene rings is 2. The quantitative estimate of drug-likeness (QED) is 0.659. The highest BCUT2D eigenvalue weighted by atomic mass is 32.2. The molecule has 0 unspecified atom stereocenters. The highest BCUT2D eigenvalue weighted by Crippen LogP contribution is 2.19. The van der Waals surface area contributed by atoms with Crippen LogP contribution in [0.15, 0.2) is 53.4 Å². The van der Waals surface area contributed by atoms with Crippen molar-refractivity contribution in [1.82, 2.24) is 10.0 Å². The molecular weight excluding hydrogens is 366 g/mol. The number of anilines is 1. The van der Waals surface area contributed by atoms with E-state index in [4.69, 9.17) is 0 Å². The minimum atomic E-state index is -3.49. The molecule has 2 aromatic rings. The molecule has 2 amide bonds. The Morgan fingerprint density at radius 2 is 1.67 bits per heavy atom. The molecule has 3 N–H and O–H groups in total. The molecule has 0 saturated heterocycles. The van der Waals surface area contributed by atoms with E-state index in [-0.39, 0.29) is 16.7 Å². The first-order chi connectivity index (χ1) is 12.8. The third-order valence-electron chi connectivity index (χ3n) is 3.95. The summed E-state index contributed by atoms with van der Waals surface area (Å²) in [5, 5.41) is 5.29. The van der Waals surface area contributed by atoms with Crippen molar-refractivity contribution in [2.24, 2.45) is 0 Å². The van der Waals surface area contributed by atoms with Crippen LogP contribution in [0.25, 0.3) is 6.08 Å². The van der Waals surface area contributed by atoms with Crippen molar-refractivity contribution in [3.8, 4) is 0 Å². The summed E-state index contributed by atoms with van der Waals surface area (Å²) in [4.78, 5) is 24.1. The van der Waals surface area contributed by atoms with Crippen LogP contribution in [0, 0.1) is 6.92 Å². The van der Waals surface area contributed by atoms with Gasteiger partial charge in [0, 0.05) is 24.4 Å². The number of hydrogen-bond donors (Lipinski definition) is 3. The van der Waals surface area contributed by atoms with Crippen LogP contribution < -0.4 is 15.4 Å². The van der Waals surface area contributed by atoms with Crippen LogP contribution in [0.1, 0.15) is 21.5 Å². The van der Waals surface area contributed by atoms with Gasteiger partial charge in [-0.1, -0.05) is 18.2 Å². The van der Waals surface area contributed by atoms with Gasteiger partial charge in [-0.25, -0.2) is 13.1 Å². The van der Waals surface area contributed by atoms with Gasteiger partial charge in [-0.3, -0.25) is 9.59 Å². The first-order valence-electron chi connectivity index (χ1n) is 8.13. The van der Waals surface area contributed by atoms with Crippen molar-refractivity contribution in [2.75, 3.05) is 19.4 Å². The van der Waals surface area contributed by atoms with Gasteiger partial charge >= 0.3 is 0 Å². The Labute approximate surface area is 158 Å². The van der Waals surface area contributed by atoms with Crippen LogP contribution in [0.5, 0.6) is 0 Å². The lowest BCUT2D eigenvalue weighted by atomic mass is 10.1. The van der Waals surface area contributed by atoms with E-state index in [2.05, 4.69) is 15.4 Å². The molecular formula is C19H21N3O4S. The van der Waals surface area contributed by atoms with Gasteiger partial charge in [-0.2, -0.15) is 0 Å². The average molecular weight is 387 g/mol. The highest BCUT2D eigenvalue weighted by molar-refractivity contribution is 7.89. The van der Waals surface area contributed by atoms with E-state index >= 15 is 0 Å². The molecule has 0 aliphatic rings. The van der Waals surface area contributed by atoms with Gasteiger partial charge in [-0.05, 0) is 55.4 Å². The second-order valence-electron chi connectivity index (χ2n) is 5.66. The van der Waals surface area contributed by atoms with Crippen molar-refractivity contribution in [3.63, 3.8) is 0 Å². The summed E-state index contributed by atoms with van der Waals surface area (Å²) < 4.78 is 25.6. The molecule has 0 aromatic heterocycles. The SMILES string of the molecule is CNC(=O)c1cccc(NC(=O)C=Cc2ccc(S(=O)(=O)NC)cc2)c1C. The zero-order valence-electron chi connectivity index (χ0n) is 15.2. The van der Waals surface area contributed by atoms with Gasteiger partial charge < -0.3 is 10.6 Å². The maximum absolute atomic E-state index is 12.2. The van der Waals surface area contributed by atoms with Crippen LogP contribution in [0.2, 0.25) is 0 Å². The third-order valence-corrected chi connectivity index (χ3v) is 5.38. The Hall–Kier alpha value is -2.97. The average Bonchev–Trinajstić information content (AvgIpc) is 2.67. The largest absolute Gasteiger partial charge is 0.355 e. The molecule has 142 valence electrons. The molecule has 0 heterocycles. The summed E-state index contributed by atoms with van der Waals surface area (Å²) in [5.74, 6) is -0.588. The van der Waals surface area contributed by atoms with E-state index in [0.29, 0.717) is 22.4 Å². The fourth-order valence-corrected chi connectivity index (χ4v) is 3.10. The number of rotatable bonds is 6. The van der Waals surface area contributed by atoms with E-state index in [1.807, 2.05) is 0 Å². The van der Waals surface area contributed by atoms with Crippen molar-refractivity contribution >= 4 is 33.6 Å². The van der Waals surface area contributed by atoms with Crippen LogP contribution in [-0.4, -0.2) is 34.3 Å². The van der Waals surface area contributed by atoms with Gasteiger partial charge in [0.25, 0.3) is 5.91 Å². The lowest BCUT2D eigenvalue weighted by Crippen LogP contribution is -2.20. The van der Waals surface area contributed by atoms with Gasteiger partial charge in [0.2, 0.25) is 15.9 Å². The number of hydrogen-bond acceptors (Lipinski definition) is 4. The molecule has 0 bridgehead atoms. The molecule has 0 spiro atoms. The van der Waals surface area contributed by atoms with Crippen LogP contribution in [0.3, 0.4) is 0 Å². The summed E-state index contributed by atoms with van der Waals surface area (Å²) in [6.45, 7) is 1.75. The molecule has 8 heteroatoms. The van der Waals surface area contributed by atoms with E-state index in [9.17, 15) is 18.0 Å². The standard InChI is InChI=1S/C19H21N3O4S/c1-13-16(19(24)20-2)5-4-6-17(13)22-18(23)12-9-14-7-10-15(11-8-14)27(25,26)21-3/h4-12,21H,1-3H3,(H,20,24)(H,22,23). The topological polar surface area (TPSA) is 104 Å². The minimum Gasteiger partial charge on any atom is -0.355 e. The fourth-order valence-electron chi connectivity index (χ4n) is 2.37. The molecule has 0 aliphatic heterocycles. The van der Waals surface area contributed by atoms with E-state index < -0.39 is 10.0 Å². The minimum absolute atomic E-state index is 0.147. The second-order valence-corrected chi connectivity index (χ2v) is 7.54. The lowest BCUT2D eigenvalue weighted by molar-refractivity contribution is -0.111. The maximum atomic E-state index is 12.2. The molecule has 2 aromatic carbocycles.